The Morgan fingerprint density at radius 1 is 1.19 bits per heavy atom. The van der Waals surface area contributed by atoms with Crippen molar-refractivity contribution >= 4 is 50.5 Å². The number of fused-ring (bicyclic) bond motifs is 1. The molecular formula is C30H37ClN6O4S. The third-order valence-corrected chi connectivity index (χ3v) is 10.4. The van der Waals surface area contributed by atoms with Crippen LogP contribution in [0.5, 0.6) is 5.75 Å². The van der Waals surface area contributed by atoms with Crippen LogP contribution in [0, 0.1) is 6.92 Å². The molecule has 1 aromatic heterocycles. The van der Waals surface area contributed by atoms with E-state index < -0.39 is 15.1 Å². The van der Waals surface area contributed by atoms with Gasteiger partial charge in [0, 0.05) is 12.0 Å². The van der Waals surface area contributed by atoms with Gasteiger partial charge in [-0.05, 0) is 88.9 Å². The predicted octanol–water partition coefficient (Wildman–Crippen LogP) is 5.10. The number of carbonyl (C=O) groups excluding carboxylic acids is 1. The molecule has 0 saturated carbocycles. The molecular weight excluding hydrogens is 576 g/mol. The van der Waals surface area contributed by atoms with E-state index in [1.54, 1.807) is 38.1 Å². The maximum absolute atomic E-state index is 13.0. The number of nitrogens with one attached hydrogen (secondary N) is 2. The van der Waals surface area contributed by atoms with E-state index in [-0.39, 0.29) is 27.7 Å². The van der Waals surface area contributed by atoms with Crippen molar-refractivity contribution in [2.24, 2.45) is 5.73 Å². The second kappa shape index (κ2) is 12.1. The zero-order valence-electron chi connectivity index (χ0n) is 24.3. The maximum atomic E-state index is 13.0. The number of likely N-dealkylation sites (tertiary alicyclic amines) is 1. The number of nitrogens with two attached hydrogens (primary N) is 1. The Balaban J connectivity index is 1.42. The second-order valence-corrected chi connectivity index (χ2v) is 14.2. The van der Waals surface area contributed by atoms with Crippen LogP contribution in [0.2, 0.25) is 5.02 Å². The molecule has 0 aliphatic carbocycles. The first kappa shape index (κ1) is 30.1. The van der Waals surface area contributed by atoms with Crippen LogP contribution in [0.4, 0.5) is 23.1 Å². The first-order chi connectivity index (χ1) is 19.9. The molecule has 2 aliphatic rings. The summed E-state index contributed by atoms with van der Waals surface area (Å²) in [6.45, 7) is 9.41. The molecule has 42 heavy (non-hydrogen) atoms. The Bertz CT molecular complexity index is 1610. The summed E-state index contributed by atoms with van der Waals surface area (Å²) >= 11 is 6.44. The molecule has 3 aromatic rings. The molecule has 4 N–H and O–H groups in total. The van der Waals surface area contributed by atoms with E-state index in [1.807, 2.05) is 0 Å². The lowest BCUT2D eigenvalue weighted by atomic mass is 9.82. The molecule has 3 heterocycles. The first-order valence-electron chi connectivity index (χ1n) is 14.2. The number of anilines is 4. The fraction of sp³-hybridized carbons (Fsp3) is 0.433. The number of aryl methyl sites for hydroxylation is 1. The van der Waals surface area contributed by atoms with Gasteiger partial charge in [0.05, 0.1) is 34.3 Å². The number of ether oxygens (including phenoxy) is 1. The number of rotatable bonds is 9. The van der Waals surface area contributed by atoms with Crippen LogP contribution in [0.25, 0.3) is 0 Å². The Kier molecular flexibility index (Phi) is 8.63. The molecule has 5 rings (SSSR count). The van der Waals surface area contributed by atoms with Crippen LogP contribution in [0.1, 0.15) is 56.2 Å². The van der Waals surface area contributed by atoms with Crippen molar-refractivity contribution in [2.45, 2.75) is 69.1 Å². The van der Waals surface area contributed by atoms with Crippen molar-refractivity contribution in [3.63, 3.8) is 0 Å². The minimum Gasteiger partial charge on any atom is -0.488 e. The van der Waals surface area contributed by atoms with Gasteiger partial charge < -0.3 is 21.1 Å². The van der Waals surface area contributed by atoms with Gasteiger partial charge in [0.25, 0.3) is 0 Å². The van der Waals surface area contributed by atoms with Crippen LogP contribution in [-0.2, 0) is 21.1 Å². The minimum atomic E-state index is -3.54. The van der Waals surface area contributed by atoms with Gasteiger partial charge in [0.2, 0.25) is 11.9 Å². The van der Waals surface area contributed by atoms with E-state index in [9.17, 15) is 13.2 Å². The van der Waals surface area contributed by atoms with Gasteiger partial charge in [0.1, 0.15) is 16.9 Å². The number of sulfone groups is 1. The highest BCUT2D eigenvalue weighted by atomic mass is 35.5. The van der Waals surface area contributed by atoms with Crippen LogP contribution < -0.4 is 21.1 Å². The van der Waals surface area contributed by atoms with Crippen molar-refractivity contribution in [3.8, 4) is 5.75 Å². The molecule has 2 aliphatic heterocycles. The summed E-state index contributed by atoms with van der Waals surface area (Å²) < 4.78 is 32.2. The van der Waals surface area contributed by atoms with Crippen molar-refractivity contribution < 1.29 is 17.9 Å². The van der Waals surface area contributed by atoms with E-state index >= 15 is 0 Å². The molecule has 224 valence electrons. The Morgan fingerprint density at radius 3 is 2.60 bits per heavy atom. The van der Waals surface area contributed by atoms with Crippen LogP contribution >= 0.6 is 11.6 Å². The first-order valence-corrected chi connectivity index (χ1v) is 16.1. The van der Waals surface area contributed by atoms with Crippen molar-refractivity contribution in [2.75, 3.05) is 30.3 Å². The fourth-order valence-corrected chi connectivity index (χ4v) is 7.19. The lowest BCUT2D eigenvalue weighted by Crippen LogP contribution is -2.39. The number of aromatic nitrogens is 2. The standard InChI is InChI=1S/C30H37ClN6O4S/c1-17(2)42(39,40)25-8-6-5-7-23(25)34-29-22(31)15-33-30(36-29)35-24-13-18(3)27(21-14-19(4)41-28(21)24)20-9-11-37(12-10-20)16-26(32)38/h5-8,13,15,17,19-20H,9-12,14,16H2,1-4H3,(H2,32,38)(H2,33,34,35,36)/t19-/m1/s1. The molecule has 2 aromatic carbocycles. The number of primary amides is 1. The average molecular weight is 613 g/mol. The number of piperidine rings is 1. The number of hydrogen-bond acceptors (Lipinski definition) is 9. The van der Waals surface area contributed by atoms with Crippen molar-refractivity contribution in [1.82, 2.24) is 14.9 Å². The molecule has 0 spiro atoms. The number of benzene rings is 2. The van der Waals surface area contributed by atoms with Gasteiger partial charge in [-0.2, -0.15) is 4.98 Å². The third kappa shape index (κ3) is 6.18. The summed E-state index contributed by atoms with van der Waals surface area (Å²) in [6, 6.07) is 8.76. The number of hydrogen-bond donors (Lipinski definition) is 3. The van der Waals surface area contributed by atoms with Gasteiger partial charge in [-0.25, -0.2) is 13.4 Å². The minimum absolute atomic E-state index is 0.0267. The molecule has 1 amide bonds. The van der Waals surface area contributed by atoms with Gasteiger partial charge >= 0.3 is 0 Å². The molecule has 0 radical (unpaired) electrons. The van der Waals surface area contributed by atoms with Crippen LogP contribution in [0.3, 0.4) is 0 Å². The Labute approximate surface area is 251 Å². The predicted molar refractivity (Wildman–Crippen MR) is 165 cm³/mol. The highest BCUT2D eigenvalue weighted by Crippen LogP contribution is 2.46. The summed E-state index contributed by atoms with van der Waals surface area (Å²) in [7, 11) is -3.54. The van der Waals surface area contributed by atoms with Gasteiger partial charge in [-0.3, -0.25) is 9.69 Å². The maximum Gasteiger partial charge on any atom is 0.231 e. The number of nitrogens with zero attached hydrogens (tertiary/aromatic N) is 3. The Morgan fingerprint density at radius 2 is 1.90 bits per heavy atom. The molecule has 1 fully saturated rings. The molecule has 0 bridgehead atoms. The number of carbonyl (C=O) groups is 1. The third-order valence-electron chi connectivity index (χ3n) is 7.87. The molecule has 12 heteroatoms. The van der Waals surface area contributed by atoms with Crippen molar-refractivity contribution in [3.05, 3.63) is 58.2 Å². The van der Waals surface area contributed by atoms with E-state index in [0.29, 0.717) is 24.1 Å². The van der Waals surface area contributed by atoms with Gasteiger partial charge in [-0.1, -0.05) is 23.7 Å². The fourth-order valence-electron chi connectivity index (χ4n) is 5.85. The molecule has 0 unspecified atom stereocenters. The van der Waals surface area contributed by atoms with E-state index in [4.69, 9.17) is 22.1 Å². The lowest BCUT2D eigenvalue weighted by molar-refractivity contribution is -0.119. The van der Waals surface area contributed by atoms with E-state index in [0.717, 1.165) is 49.4 Å². The molecule has 1 atom stereocenters. The van der Waals surface area contributed by atoms with E-state index in [2.05, 4.69) is 45.4 Å². The molecule has 1 saturated heterocycles. The summed E-state index contributed by atoms with van der Waals surface area (Å²) in [4.78, 5) is 22.6. The summed E-state index contributed by atoms with van der Waals surface area (Å²) in [5, 5.41) is 6.08. The summed E-state index contributed by atoms with van der Waals surface area (Å²) in [6.07, 6.45) is 4.20. The average Bonchev–Trinajstić information content (AvgIpc) is 3.32. The largest absolute Gasteiger partial charge is 0.488 e. The monoisotopic (exact) mass is 612 g/mol. The van der Waals surface area contributed by atoms with Crippen LogP contribution in [-0.4, -0.2) is 60.2 Å². The Hall–Kier alpha value is -3.41. The highest BCUT2D eigenvalue weighted by Gasteiger charge is 2.32. The zero-order valence-corrected chi connectivity index (χ0v) is 25.8. The summed E-state index contributed by atoms with van der Waals surface area (Å²) in [5.74, 6) is 1.45. The highest BCUT2D eigenvalue weighted by molar-refractivity contribution is 7.92. The number of para-hydroxylation sites is 1. The number of amides is 1. The van der Waals surface area contributed by atoms with Crippen molar-refractivity contribution in [1.29, 1.82) is 0 Å². The SMILES string of the molecule is Cc1cc(Nc2ncc(Cl)c(Nc3ccccc3S(=O)(=O)C(C)C)n2)c2c(c1C1CCN(CC(N)=O)CC1)C[C@@H](C)O2. The summed E-state index contributed by atoms with van der Waals surface area (Å²) in [5.41, 5.74) is 10.2. The smallest absolute Gasteiger partial charge is 0.231 e. The normalized spacial score (nSPS) is 17.6. The van der Waals surface area contributed by atoms with Crippen LogP contribution in [0.15, 0.2) is 41.4 Å². The van der Waals surface area contributed by atoms with Gasteiger partial charge in [-0.15, -0.1) is 0 Å². The number of halogens is 1. The van der Waals surface area contributed by atoms with Gasteiger partial charge in [0.15, 0.2) is 15.7 Å². The lowest BCUT2D eigenvalue weighted by Gasteiger charge is -2.33. The topological polar surface area (TPSA) is 140 Å². The quantitative estimate of drug-likeness (QED) is 0.301. The zero-order chi connectivity index (χ0) is 30.2. The molecule has 10 nitrogen and oxygen atoms in total. The van der Waals surface area contributed by atoms with E-state index in [1.165, 1.54) is 17.3 Å². The second-order valence-electron chi connectivity index (χ2n) is 11.3.